The van der Waals surface area contributed by atoms with Crippen LogP contribution in [0.2, 0.25) is 5.02 Å². The van der Waals surface area contributed by atoms with E-state index in [2.05, 4.69) is 4.99 Å². The maximum Gasteiger partial charge on any atom is 0.235 e. The number of halogens is 1. The van der Waals surface area contributed by atoms with Crippen molar-refractivity contribution < 1.29 is 4.79 Å². The quantitative estimate of drug-likeness (QED) is 0.554. The molecule has 0 aliphatic heterocycles. The standard InChI is InChI=1S/C11H12ClNO/c1-8(2)11(13-7-14)9-3-5-10(12)6-4-9/h3-6,8,11H,1-2H3. The lowest BCUT2D eigenvalue weighted by atomic mass is 9.97. The Morgan fingerprint density at radius 3 is 2.29 bits per heavy atom. The molecule has 0 aliphatic carbocycles. The Morgan fingerprint density at radius 1 is 1.29 bits per heavy atom. The highest BCUT2D eigenvalue weighted by atomic mass is 35.5. The van der Waals surface area contributed by atoms with Crippen LogP contribution in [0, 0.1) is 5.92 Å². The molecule has 1 rings (SSSR count). The smallest absolute Gasteiger partial charge is 0.211 e. The van der Waals surface area contributed by atoms with Crippen LogP contribution in [0.25, 0.3) is 0 Å². The van der Waals surface area contributed by atoms with Gasteiger partial charge in [-0.15, -0.1) is 0 Å². The summed E-state index contributed by atoms with van der Waals surface area (Å²) in [6, 6.07) is 7.24. The highest BCUT2D eigenvalue weighted by molar-refractivity contribution is 6.30. The molecule has 0 N–H and O–H groups in total. The molecule has 1 aromatic rings. The lowest BCUT2D eigenvalue weighted by molar-refractivity contribution is 0.502. The number of benzene rings is 1. The molecular formula is C11H12ClNO. The molecule has 0 heterocycles. The highest BCUT2D eigenvalue weighted by Gasteiger charge is 2.13. The first-order valence-corrected chi connectivity index (χ1v) is 4.85. The molecule has 0 amide bonds. The Kier molecular flexibility index (Phi) is 3.87. The minimum absolute atomic E-state index is 0.121. The summed E-state index contributed by atoms with van der Waals surface area (Å²) in [7, 11) is 0. The maximum absolute atomic E-state index is 10.2. The van der Waals surface area contributed by atoms with Crippen molar-refractivity contribution in [2.75, 3.05) is 0 Å². The molecule has 74 valence electrons. The van der Waals surface area contributed by atoms with Crippen LogP contribution in [-0.4, -0.2) is 6.08 Å². The van der Waals surface area contributed by atoms with Crippen LogP contribution in [0.4, 0.5) is 0 Å². The first kappa shape index (κ1) is 11.0. The number of hydrogen-bond donors (Lipinski definition) is 0. The molecule has 1 atom stereocenters. The molecule has 0 aromatic heterocycles. The average Bonchev–Trinajstić information content (AvgIpc) is 2.15. The molecule has 14 heavy (non-hydrogen) atoms. The summed E-state index contributed by atoms with van der Waals surface area (Å²) in [5.41, 5.74) is 0.993. The van der Waals surface area contributed by atoms with Crippen molar-refractivity contribution >= 4 is 17.7 Å². The van der Waals surface area contributed by atoms with Gasteiger partial charge in [-0.1, -0.05) is 37.6 Å². The first-order chi connectivity index (χ1) is 6.65. The van der Waals surface area contributed by atoms with Crippen molar-refractivity contribution in [1.82, 2.24) is 0 Å². The maximum atomic E-state index is 10.2. The lowest BCUT2D eigenvalue weighted by Crippen LogP contribution is -2.03. The first-order valence-electron chi connectivity index (χ1n) is 4.47. The van der Waals surface area contributed by atoms with E-state index in [1.807, 2.05) is 26.0 Å². The Hall–Kier alpha value is -1.11. The summed E-state index contributed by atoms with van der Waals surface area (Å²) in [5.74, 6) is 0.276. The Labute approximate surface area is 88.6 Å². The molecule has 1 aromatic carbocycles. The Morgan fingerprint density at radius 2 is 1.86 bits per heavy atom. The van der Waals surface area contributed by atoms with E-state index in [1.165, 1.54) is 0 Å². The summed E-state index contributed by atoms with van der Waals surface area (Å²) in [4.78, 5) is 14.0. The van der Waals surface area contributed by atoms with Crippen molar-refractivity contribution in [3.63, 3.8) is 0 Å². The fourth-order valence-electron chi connectivity index (χ4n) is 1.33. The van der Waals surface area contributed by atoms with Crippen LogP contribution in [0.3, 0.4) is 0 Å². The number of rotatable bonds is 3. The van der Waals surface area contributed by atoms with Gasteiger partial charge in [-0.05, 0) is 23.6 Å². The molecule has 3 heteroatoms. The van der Waals surface area contributed by atoms with Gasteiger partial charge in [0.25, 0.3) is 0 Å². The molecule has 0 radical (unpaired) electrons. The number of aliphatic imine (C=N–C) groups is 1. The van der Waals surface area contributed by atoms with Crippen LogP contribution >= 0.6 is 11.6 Å². The summed E-state index contributed by atoms with van der Waals surface area (Å²) >= 11 is 5.77. The van der Waals surface area contributed by atoms with Gasteiger partial charge in [0, 0.05) is 5.02 Å². The van der Waals surface area contributed by atoms with E-state index in [0.29, 0.717) is 5.02 Å². The average molecular weight is 210 g/mol. The minimum atomic E-state index is -0.121. The van der Waals surface area contributed by atoms with Gasteiger partial charge in [0.1, 0.15) is 0 Å². The monoisotopic (exact) mass is 209 g/mol. The van der Waals surface area contributed by atoms with Crippen molar-refractivity contribution in [2.24, 2.45) is 10.9 Å². The van der Waals surface area contributed by atoms with Crippen molar-refractivity contribution in [1.29, 1.82) is 0 Å². The van der Waals surface area contributed by atoms with Gasteiger partial charge < -0.3 is 0 Å². The van der Waals surface area contributed by atoms with Crippen molar-refractivity contribution in [2.45, 2.75) is 19.9 Å². The van der Waals surface area contributed by atoms with Crippen LogP contribution in [-0.2, 0) is 4.79 Å². The van der Waals surface area contributed by atoms with E-state index in [0.717, 1.165) is 5.56 Å². The Bertz CT molecular complexity index is 339. The molecule has 2 nitrogen and oxygen atoms in total. The van der Waals surface area contributed by atoms with Gasteiger partial charge in [0.15, 0.2) is 0 Å². The summed E-state index contributed by atoms with van der Waals surface area (Å²) in [5, 5.41) is 0.686. The van der Waals surface area contributed by atoms with E-state index in [4.69, 9.17) is 11.6 Å². The second-order valence-electron chi connectivity index (χ2n) is 3.46. The van der Waals surface area contributed by atoms with Crippen LogP contribution in [0.1, 0.15) is 25.5 Å². The van der Waals surface area contributed by atoms with Crippen molar-refractivity contribution in [3.8, 4) is 0 Å². The predicted molar refractivity (Wildman–Crippen MR) is 57.2 cm³/mol. The Balaban J connectivity index is 2.99. The van der Waals surface area contributed by atoms with Gasteiger partial charge >= 0.3 is 0 Å². The van der Waals surface area contributed by atoms with E-state index in [1.54, 1.807) is 18.2 Å². The second-order valence-corrected chi connectivity index (χ2v) is 3.90. The predicted octanol–water partition coefficient (Wildman–Crippen LogP) is 3.37. The van der Waals surface area contributed by atoms with Gasteiger partial charge in [-0.3, -0.25) is 0 Å². The zero-order chi connectivity index (χ0) is 10.6. The van der Waals surface area contributed by atoms with E-state index < -0.39 is 0 Å². The van der Waals surface area contributed by atoms with E-state index >= 15 is 0 Å². The topological polar surface area (TPSA) is 29.4 Å². The van der Waals surface area contributed by atoms with Gasteiger partial charge in [0.05, 0.1) is 6.04 Å². The third kappa shape index (κ3) is 2.69. The SMILES string of the molecule is CC(C)C(N=C=O)c1ccc(Cl)cc1. The van der Waals surface area contributed by atoms with Crippen LogP contribution in [0.5, 0.6) is 0 Å². The number of hydrogen-bond acceptors (Lipinski definition) is 2. The van der Waals surface area contributed by atoms with E-state index in [-0.39, 0.29) is 12.0 Å². The zero-order valence-corrected chi connectivity index (χ0v) is 8.95. The van der Waals surface area contributed by atoms with Gasteiger partial charge in [0.2, 0.25) is 6.08 Å². The lowest BCUT2D eigenvalue weighted by Gasteiger charge is -2.14. The molecule has 0 saturated carbocycles. The van der Waals surface area contributed by atoms with E-state index in [9.17, 15) is 4.79 Å². The van der Waals surface area contributed by atoms with Crippen LogP contribution in [0.15, 0.2) is 29.3 Å². The third-order valence-electron chi connectivity index (χ3n) is 2.03. The largest absolute Gasteiger partial charge is 0.235 e. The van der Waals surface area contributed by atoms with Crippen molar-refractivity contribution in [3.05, 3.63) is 34.9 Å². The second kappa shape index (κ2) is 4.94. The molecule has 0 bridgehead atoms. The minimum Gasteiger partial charge on any atom is -0.211 e. The molecule has 1 unspecified atom stereocenters. The number of isocyanates is 1. The van der Waals surface area contributed by atoms with Gasteiger partial charge in [-0.25, -0.2) is 4.79 Å². The molecule has 0 saturated heterocycles. The zero-order valence-electron chi connectivity index (χ0n) is 8.20. The fourth-order valence-corrected chi connectivity index (χ4v) is 1.45. The normalized spacial score (nSPS) is 12.3. The molecular weight excluding hydrogens is 198 g/mol. The summed E-state index contributed by atoms with van der Waals surface area (Å²) in [6.45, 7) is 4.03. The van der Waals surface area contributed by atoms with Gasteiger partial charge in [-0.2, -0.15) is 4.99 Å². The third-order valence-corrected chi connectivity index (χ3v) is 2.29. The summed E-state index contributed by atoms with van der Waals surface area (Å²) in [6.07, 6.45) is 1.60. The highest BCUT2D eigenvalue weighted by Crippen LogP contribution is 2.26. The van der Waals surface area contributed by atoms with Crippen LogP contribution < -0.4 is 0 Å². The molecule has 0 fully saturated rings. The number of carbonyl (C=O) groups excluding carboxylic acids is 1. The number of nitrogens with zero attached hydrogens (tertiary/aromatic N) is 1. The molecule has 0 aliphatic rings. The molecule has 0 spiro atoms. The fraction of sp³-hybridized carbons (Fsp3) is 0.364. The summed E-state index contributed by atoms with van der Waals surface area (Å²) < 4.78 is 0.